The number of rotatable bonds is 8. The maximum absolute atomic E-state index is 2.47. The van der Waals surface area contributed by atoms with Gasteiger partial charge < -0.3 is 0 Å². The predicted octanol–water partition coefficient (Wildman–Crippen LogP) is 5.28. The van der Waals surface area contributed by atoms with E-state index in [1.165, 1.54) is 44.6 Å². The van der Waals surface area contributed by atoms with Gasteiger partial charge in [0, 0.05) is 8.07 Å². The van der Waals surface area contributed by atoms with Gasteiger partial charge >= 0.3 is 0 Å². The van der Waals surface area contributed by atoms with Crippen LogP contribution < -0.4 is 0 Å². The zero-order chi connectivity index (χ0) is 11.0. The summed E-state index contributed by atoms with van der Waals surface area (Å²) in [5.41, 5.74) is 0. The van der Waals surface area contributed by atoms with Crippen molar-refractivity contribution in [2.75, 3.05) is 0 Å². The molecular formula is C13H29Si. The van der Waals surface area contributed by atoms with Gasteiger partial charge in [-0.15, -0.1) is 0 Å². The Kier molecular flexibility index (Phi) is 7.62. The summed E-state index contributed by atoms with van der Waals surface area (Å²) in [5.74, 6) is 1.59. The van der Waals surface area contributed by atoms with Crippen LogP contribution in [0.5, 0.6) is 0 Å². The van der Waals surface area contributed by atoms with E-state index in [0.29, 0.717) is 0 Å². The molecule has 0 aromatic carbocycles. The van der Waals surface area contributed by atoms with Crippen LogP contribution in [0.2, 0.25) is 25.7 Å². The van der Waals surface area contributed by atoms with Gasteiger partial charge in [-0.3, -0.25) is 0 Å². The largest absolute Gasteiger partial charge is 0.0695 e. The van der Waals surface area contributed by atoms with E-state index >= 15 is 0 Å². The first-order chi connectivity index (χ1) is 6.42. The summed E-state index contributed by atoms with van der Waals surface area (Å²) in [7, 11) is -0.748. The van der Waals surface area contributed by atoms with Gasteiger partial charge in [0.15, 0.2) is 0 Å². The third-order valence-electron chi connectivity index (χ3n) is 2.60. The molecule has 1 heteroatoms. The van der Waals surface area contributed by atoms with Crippen molar-refractivity contribution in [3.8, 4) is 0 Å². The van der Waals surface area contributed by atoms with E-state index < -0.39 is 8.07 Å². The zero-order valence-corrected chi connectivity index (χ0v) is 11.9. The summed E-state index contributed by atoms with van der Waals surface area (Å²) in [4.78, 5) is 0. The molecular weight excluding hydrogens is 184 g/mol. The van der Waals surface area contributed by atoms with Gasteiger partial charge in [-0.2, -0.15) is 0 Å². The van der Waals surface area contributed by atoms with Crippen LogP contribution in [0.15, 0.2) is 0 Å². The molecule has 0 aliphatic rings. The molecule has 0 atom stereocenters. The molecule has 85 valence electrons. The lowest BCUT2D eigenvalue weighted by Gasteiger charge is -2.14. The lowest BCUT2D eigenvalue weighted by Crippen LogP contribution is -2.18. The first kappa shape index (κ1) is 14.2. The van der Waals surface area contributed by atoms with E-state index in [2.05, 4.69) is 33.5 Å². The second-order valence-electron chi connectivity index (χ2n) is 6.04. The zero-order valence-electron chi connectivity index (χ0n) is 10.9. The minimum atomic E-state index is -0.748. The second kappa shape index (κ2) is 7.50. The normalized spacial score (nSPS) is 12.4. The molecule has 0 aromatic heterocycles. The molecule has 0 saturated heterocycles. The highest BCUT2D eigenvalue weighted by atomic mass is 28.3. The number of hydrogen-bond acceptors (Lipinski definition) is 0. The Bertz CT molecular complexity index is 122. The standard InChI is InChI=1S/C13H29Si/c1-13(2)11-9-7-6-8-10-12-14(3,4)5/h6-12H2,1-5H3. The molecule has 0 spiro atoms. The van der Waals surface area contributed by atoms with E-state index in [9.17, 15) is 0 Å². The van der Waals surface area contributed by atoms with E-state index in [0.717, 1.165) is 0 Å². The predicted molar refractivity (Wildman–Crippen MR) is 70.4 cm³/mol. The Balaban J connectivity index is 3.07. The third kappa shape index (κ3) is 12.2. The molecule has 0 rings (SSSR count). The van der Waals surface area contributed by atoms with Crippen LogP contribution in [0.1, 0.15) is 52.4 Å². The van der Waals surface area contributed by atoms with Crippen molar-refractivity contribution in [1.82, 2.24) is 0 Å². The van der Waals surface area contributed by atoms with Gasteiger partial charge in [0.05, 0.1) is 0 Å². The van der Waals surface area contributed by atoms with E-state index in [1.54, 1.807) is 5.92 Å². The van der Waals surface area contributed by atoms with Crippen LogP contribution in [0.4, 0.5) is 0 Å². The Hall–Kier alpha value is 0.217. The van der Waals surface area contributed by atoms with Crippen molar-refractivity contribution in [2.45, 2.75) is 78.1 Å². The molecule has 0 aliphatic heterocycles. The van der Waals surface area contributed by atoms with Gasteiger partial charge in [0.25, 0.3) is 0 Å². The molecule has 0 saturated carbocycles. The first-order valence-corrected chi connectivity index (χ1v) is 9.91. The van der Waals surface area contributed by atoms with Crippen LogP contribution in [-0.4, -0.2) is 8.07 Å². The van der Waals surface area contributed by atoms with Crippen molar-refractivity contribution in [1.29, 1.82) is 0 Å². The van der Waals surface area contributed by atoms with Crippen molar-refractivity contribution in [3.05, 3.63) is 5.92 Å². The van der Waals surface area contributed by atoms with Crippen LogP contribution >= 0.6 is 0 Å². The molecule has 0 amide bonds. The highest BCUT2D eigenvalue weighted by Crippen LogP contribution is 2.16. The Morgan fingerprint density at radius 3 is 1.79 bits per heavy atom. The van der Waals surface area contributed by atoms with E-state index in [4.69, 9.17) is 0 Å². The Morgan fingerprint density at radius 2 is 1.29 bits per heavy atom. The second-order valence-corrected chi connectivity index (χ2v) is 11.7. The van der Waals surface area contributed by atoms with Crippen LogP contribution in [0, 0.1) is 5.92 Å². The highest BCUT2D eigenvalue weighted by Gasteiger charge is 2.11. The topological polar surface area (TPSA) is 0 Å². The lowest BCUT2D eigenvalue weighted by molar-refractivity contribution is 0.612. The van der Waals surface area contributed by atoms with Gasteiger partial charge in [0.1, 0.15) is 0 Å². The van der Waals surface area contributed by atoms with Gasteiger partial charge in [-0.05, 0) is 12.3 Å². The highest BCUT2D eigenvalue weighted by molar-refractivity contribution is 6.76. The smallest absolute Gasteiger partial charge is 0.0442 e. The first-order valence-electron chi connectivity index (χ1n) is 6.21. The van der Waals surface area contributed by atoms with Crippen molar-refractivity contribution in [3.63, 3.8) is 0 Å². The quantitative estimate of drug-likeness (QED) is 0.380. The summed E-state index contributed by atoms with van der Waals surface area (Å²) in [6.45, 7) is 11.9. The van der Waals surface area contributed by atoms with Crippen LogP contribution in [-0.2, 0) is 0 Å². The summed E-state index contributed by atoms with van der Waals surface area (Å²) in [6, 6.07) is 1.52. The fourth-order valence-electron chi connectivity index (χ4n) is 1.66. The summed E-state index contributed by atoms with van der Waals surface area (Å²) >= 11 is 0. The van der Waals surface area contributed by atoms with Crippen LogP contribution in [0.25, 0.3) is 0 Å². The average Bonchev–Trinajstić information content (AvgIpc) is 2.00. The van der Waals surface area contributed by atoms with Gasteiger partial charge in [-0.25, -0.2) is 0 Å². The number of unbranched alkanes of at least 4 members (excludes halogenated alkanes) is 4. The molecule has 0 unspecified atom stereocenters. The Labute approximate surface area is 92.5 Å². The molecule has 0 bridgehead atoms. The summed E-state index contributed by atoms with van der Waals surface area (Å²) in [6.07, 6.45) is 8.59. The maximum atomic E-state index is 2.47. The average molecular weight is 213 g/mol. The third-order valence-corrected chi connectivity index (χ3v) is 4.46. The van der Waals surface area contributed by atoms with Crippen LogP contribution in [0.3, 0.4) is 0 Å². The van der Waals surface area contributed by atoms with E-state index in [1.807, 2.05) is 0 Å². The van der Waals surface area contributed by atoms with Gasteiger partial charge in [0.2, 0.25) is 0 Å². The molecule has 0 fully saturated rings. The Morgan fingerprint density at radius 1 is 0.786 bits per heavy atom. The lowest BCUT2D eigenvalue weighted by atomic mass is 10.0. The molecule has 0 N–H and O–H groups in total. The molecule has 14 heavy (non-hydrogen) atoms. The van der Waals surface area contributed by atoms with Crippen molar-refractivity contribution < 1.29 is 0 Å². The molecule has 0 aliphatic carbocycles. The minimum Gasteiger partial charge on any atom is -0.0695 e. The molecule has 0 heterocycles. The SMILES string of the molecule is C[C](C)CCCCCCC[Si](C)(C)C. The summed E-state index contributed by atoms with van der Waals surface area (Å²) in [5, 5.41) is 0. The minimum absolute atomic E-state index is 0.748. The van der Waals surface area contributed by atoms with Gasteiger partial charge in [-0.1, -0.05) is 71.6 Å². The fourth-order valence-corrected chi connectivity index (χ4v) is 2.97. The fraction of sp³-hybridized carbons (Fsp3) is 0.923. The maximum Gasteiger partial charge on any atom is 0.0442 e. The molecule has 0 nitrogen and oxygen atoms in total. The molecule has 1 radical (unpaired) electrons. The molecule has 0 aromatic rings. The summed E-state index contributed by atoms with van der Waals surface area (Å²) < 4.78 is 0. The van der Waals surface area contributed by atoms with Crippen molar-refractivity contribution >= 4 is 8.07 Å². The van der Waals surface area contributed by atoms with E-state index in [-0.39, 0.29) is 0 Å². The monoisotopic (exact) mass is 213 g/mol. The van der Waals surface area contributed by atoms with Crippen molar-refractivity contribution in [2.24, 2.45) is 0 Å². The number of hydrogen-bond donors (Lipinski definition) is 0.